The van der Waals surface area contributed by atoms with Gasteiger partial charge in [0.2, 0.25) is 5.88 Å². The van der Waals surface area contributed by atoms with Crippen LogP contribution in [0.25, 0.3) is 0 Å². The molecule has 26 heavy (non-hydrogen) atoms. The number of hydrogen-bond acceptors (Lipinski definition) is 5. The predicted octanol–water partition coefficient (Wildman–Crippen LogP) is 3.64. The lowest BCUT2D eigenvalue weighted by Gasteiger charge is -2.23. The van der Waals surface area contributed by atoms with Gasteiger partial charge < -0.3 is 19.8 Å². The van der Waals surface area contributed by atoms with E-state index >= 15 is 0 Å². The van der Waals surface area contributed by atoms with E-state index in [2.05, 4.69) is 9.88 Å². The summed E-state index contributed by atoms with van der Waals surface area (Å²) in [4.78, 5) is 16.2. The van der Waals surface area contributed by atoms with Crippen LogP contribution in [0.2, 0.25) is 0 Å². The molecule has 0 aliphatic rings. The van der Waals surface area contributed by atoms with Crippen LogP contribution in [0.1, 0.15) is 18.4 Å². The molecule has 8 heteroatoms. The van der Waals surface area contributed by atoms with Gasteiger partial charge in [0, 0.05) is 43.0 Å². The zero-order valence-corrected chi connectivity index (χ0v) is 15.8. The zero-order valence-electron chi connectivity index (χ0n) is 14.3. The van der Waals surface area contributed by atoms with E-state index in [1.807, 2.05) is 24.3 Å². The first kappa shape index (κ1) is 20.3. The van der Waals surface area contributed by atoms with E-state index in [0.717, 1.165) is 36.8 Å². The van der Waals surface area contributed by atoms with Crippen LogP contribution in [0.5, 0.6) is 17.5 Å². The Balaban J connectivity index is 1.80. The Morgan fingerprint density at radius 2 is 1.77 bits per heavy atom. The Bertz CT molecular complexity index is 698. The minimum Gasteiger partial charge on any atom is -0.494 e. The van der Waals surface area contributed by atoms with Crippen molar-refractivity contribution >= 4 is 34.9 Å². The second-order valence-corrected chi connectivity index (χ2v) is 6.48. The Morgan fingerprint density at radius 1 is 1.12 bits per heavy atom. The van der Waals surface area contributed by atoms with E-state index in [4.69, 9.17) is 27.9 Å². The Hall–Kier alpha value is -2.05. The smallest absolute Gasteiger partial charge is 0.311 e. The average Bonchev–Trinajstić information content (AvgIpc) is 2.92. The number of alkyl halides is 2. The fourth-order valence-electron chi connectivity index (χ4n) is 2.55. The topological polar surface area (TPSA) is 85.8 Å². The standard InChI is InChI=1S/C18H22Cl2N2O4/c19-8-10-22(11-9-20)14-6-4-13(5-7-14)2-1-3-17(24)26-15-12-16(23)21-18(15)25/h4-7,12,21,23,25H,1-3,8-11H2. The fraction of sp³-hybridized carbons (Fsp3) is 0.389. The van der Waals surface area contributed by atoms with Gasteiger partial charge in [-0.05, 0) is 30.5 Å². The molecule has 0 atom stereocenters. The molecule has 0 fully saturated rings. The summed E-state index contributed by atoms with van der Waals surface area (Å²) in [6.45, 7) is 1.47. The van der Waals surface area contributed by atoms with Gasteiger partial charge in [-0.25, -0.2) is 0 Å². The molecule has 0 saturated heterocycles. The molecule has 0 bridgehead atoms. The minimum atomic E-state index is -0.466. The molecule has 6 nitrogen and oxygen atoms in total. The second-order valence-electron chi connectivity index (χ2n) is 5.73. The van der Waals surface area contributed by atoms with E-state index in [-0.39, 0.29) is 23.9 Å². The summed E-state index contributed by atoms with van der Waals surface area (Å²) in [7, 11) is 0. The predicted molar refractivity (Wildman–Crippen MR) is 103 cm³/mol. The van der Waals surface area contributed by atoms with Gasteiger partial charge in [0.25, 0.3) is 0 Å². The maximum absolute atomic E-state index is 11.8. The van der Waals surface area contributed by atoms with Gasteiger partial charge in [0.15, 0.2) is 11.6 Å². The number of rotatable bonds is 10. The van der Waals surface area contributed by atoms with Crippen molar-refractivity contribution in [2.45, 2.75) is 19.3 Å². The molecule has 0 amide bonds. The molecule has 1 aromatic carbocycles. The van der Waals surface area contributed by atoms with Crippen molar-refractivity contribution in [2.24, 2.45) is 0 Å². The number of aromatic nitrogens is 1. The SMILES string of the molecule is O=C(CCCc1ccc(N(CCCl)CCCl)cc1)Oc1cc(O)[nH]c1O. The largest absolute Gasteiger partial charge is 0.494 e. The van der Waals surface area contributed by atoms with Crippen molar-refractivity contribution in [1.29, 1.82) is 0 Å². The van der Waals surface area contributed by atoms with Crippen LogP contribution < -0.4 is 9.64 Å². The van der Waals surface area contributed by atoms with Gasteiger partial charge in [-0.2, -0.15) is 0 Å². The van der Waals surface area contributed by atoms with Gasteiger partial charge in [-0.1, -0.05) is 12.1 Å². The van der Waals surface area contributed by atoms with Crippen LogP contribution in [-0.4, -0.2) is 46.0 Å². The molecule has 2 rings (SSSR count). The van der Waals surface area contributed by atoms with Crippen LogP contribution in [-0.2, 0) is 11.2 Å². The first-order valence-electron chi connectivity index (χ1n) is 8.31. The van der Waals surface area contributed by atoms with Crippen molar-refractivity contribution in [1.82, 2.24) is 4.98 Å². The highest BCUT2D eigenvalue weighted by molar-refractivity contribution is 6.18. The van der Waals surface area contributed by atoms with Gasteiger partial charge in [0.05, 0.1) is 0 Å². The highest BCUT2D eigenvalue weighted by Gasteiger charge is 2.12. The monoisotopic (exact) mass is 400 g/mol. The average molecular weight is 401 g/mol. The number of benzene rings is 1. The number of nitrogens with zero attached hydrogens (tertiary/aromatic N) is 1. The lowest BCUT2D eigenvalue weighted by molar-refractivity contribution is -0.134. The molecule has 0 radical (unpaired) electrons. The number of esters is 1. The number of carbonyl (C=O) groups is 1. The number of aromatic amines is 1. The van der Waals surface area contributed by atoms with E-state index < -0.39 is 5.97 Å². The van der Waals surface area contributed by atoms with Crippen LogP contribution in [0.3, 0.4) is 0 Å². The number of aromatic hydroxyl groups is 2. The number of aryl methyl sites for hydroxylation is 1. The number of nitrogens with one attached hydrogen (secondary N) is 1. The van der Waals surface area contributed by atoms with Crippen molar-refractivity contribution in [3.8, 4) is 17.5 Å². The first-order valence-corrected chi connectivity index (χ1v) is 9.38. The molecule has 0 saturated carbocycles. The number of carbonyl (C=O) groups excluding carboxylic acids is 1. The minimum absolute atomic E-state index is 0.0736. The third-order valence-corrected chi connectivity index (χ3v) is 4.17. The third-order valence-electron chi connectivity index (χ3n) is 3.83. The molecular formula is C18H22Cl2N2O4. The second kappa shape index (κ2) is 10.2. The van der Waals surface area contributed by atoms with E-state index in [9.17, 15) is 15.0 Å². The van der Waals surface area contributed by atoms with Crippen LogP contribution in [0.4, 0.5) is 5.69 Å². The number of hydrogen-bond donors (Lipinski definition) is 3. The summed E-state index contributed by atoms with van der Waals surface area (Å²) in [5.74, 6) is -0.0979. The van der Waals surface area contributed by atoms with Crippen LogP contribution >= 0.6 is 23.2 Å². The summed E-state index contributed by atoms with van der Waals surface area (Å²) >= 11 is 11.6. The van der Waals surface area contributed by atoms with Gasteiger partial charge >= 0.3 is 5.97 Å². The summed E-state index contributed by atoms with van der Waals surface area (Å²) in [5.41, 5.74) is 2.18. The zero-order chi connectivity index (χ0) is 18.9. The van der Waals surface area contributed by atoms with E-state index in [0.29, 0.717) is 18.2 Å². The summed E-state index contributed by atoms with van der Waals surface area (Å²) < 4.78 is 5.00. The van der Waals surface area contributed by atoms with Crippen molar-refractivity contribution < 1.29 is 19.7 Å². The van der Waals surface area contributed by atoms with Crippen molar-refractivity contribution in [3.05, 3.63) is 35.9 Å². The summed E-state index contributed by atoms with van der Waals surface area (Å²) in [6.07, 6.45) is 1.55. The Morgan fingerprint density at radius 3 is 2.31 bits per heavy atom. The molecule has 0 unspecified atom stereocenters. The third kappa shape index (κ3) is 6.04. The van der Waals surface area contributed by atoms with Crippen LogP contribution in [0.15, 0.2) is 30.3 Å². The molecule has 1 aromatic heterocycles. The molecule has 0 aliphatic heterocycles. The lowest BCUT2D eigenvalue weighted by atomic mass is 10.1. The molecule has 0 aliphatic carbocycles. The first-order chi connectivity index (χ1) is 12.5. The number of H-pyrrole nitrogens is 1. The highest BCUT2D eigenvalue weighted by Crippen LogP contribution is 2.29. The molecule has 3 N–H and O–H groups in total. The normalized spacial score (nSPS) is 10.7. The lowest BCUT2D eigenvalue weighted by Crippen LogP contribution is -2.27. The fourth-order valence-corrected chi connectivity index (χ4v) is 2.96. The Labute approximate surface area is 162 Å². The van der Waals surface area contributed by atoms with Crippen molar-refractivity contribution in [2.75, 3.05) is 29.7 Å². The quantitative estimate of drug-likeness (QED) is 0.418. The molecule has 142 valence electrons. The van der Waals surface area contributed by atoms with Gasteiger partial charge in [0.1, 0.15) is 0 Å². The number of ether oxygens (including phenoxy) is 1. The van der Waals surface area contributed by atoms with E-state index in [1.165, 1.54) is 0 Å². The number of anilines is 1. The number of halogens is 2. The van der Waals surface area contributed by atoms with Crippen molar-refractivity contribution in [3.63, 3.8) is 0 Å². The summed E-state index contributed by atoms with van der Waals surface area (Å²) in [5, 5.41) is 18.6. The maximum atomic E-state index is 11.8. The summed E-state index contributed by atoms with van der Waals surface area (Å²) in [6, 6.07) is 9.23. The van der Waals surface area contributed by atoms with Crippen LogP contribution in [0, 0.1) is 0 Å². The van der Waals surface area contributed by atoms with E-state index in [1.54, 1.807) is 0 Å². The maximum Gasteiger partial charge on any atom is 0.311 e. The van der Waals surface area contributed by atoms with Gasteiger partial charge in [-0.3, -0.25) is 9.78 Å². The molecule has 0 spiro atoms. The highest BCUT2D eigenvalue weighted by atomic mass is 35.5. The molecular weight excluding hydrogens is 379 g/mol. The Kier molecular flexibility index (Phi) is 7.94. The van der Waals surface area contributed by atoms with Gasteiger partial charge in [-0.15, -0.1) is 23.2 Å². The molecule has 1 heterocycles. The molecule has 2 aromatic rings.